The van der Waals surface area contributed by atoms with E-state index in [1.807, 2.05) is 48.0 Å². The number of carbonyl (C=O) groups is 2. The fourth-order valence-corrected chi connectivity index (χ4v) is 4.71. The van der Waals surface area contributed by atoms with Crippen LogP contribution in [0.15, 0.2) is 48.5 Å². The number of hydrogen-bond donors (Lipinski definition) is 2. The third kappa shape index (κ3) is 2.84. The summed E-state index contributed by atoms with van der Waals surface area (Å²) in [6, 6.07) is 13.0. The van der Waals surface area contributed by atoms with E-state index in [1.165, 1.54) is 0 Å². The first-order valence-corrected chi connectivity index (χ1v) is 10.4. The molecule has 1 aromatic heterocycles. The summed E-state index contributed by atoms with van der Waals surface area (Å²) in [6.45, 7) is -0.0900. The minimum absolute atomic E-state index is 0.0900. The molecule has 2 amide bonds. The second kappa shape index (κ2) is 7.51. The van der Waals surface area contributed by atoms with Crippen molar-refractivity contribution in [3.63, 3.8) is 0 Å². The number of aliphatic hydroxyl groups excluding tert-OH is 1. The minimum atomic E-state index is -0.437. The van der Waals surface area contributed by atoms with Gasteiger partial charge >= 0.3 is 0 Å². The zero-order valence-electron chi connectivity index (χ0n) is 17.4. The van der Waals surface area contributed by atoms with Crippen molar-refractivity contribution >= 4 is 51.3 Å². The van der Waals surface area contributed by atoms with Gasteiger partial charge in [0, 0.05) is 39.5 Å². The molecule has 4 aromatic rings. The van der Waals surface area contributed by atoms with Crippen LogP contribution in [0.3, 0.4) is 0 Å². The molecule has 1 aliphatic rings. The molecule has 0 fully saturated rings. The van der Waals surface area contributed by atoms with E-state index in [9.17, 15) is 14.7 Å². The van der Waals surface area contributed by atoms with E-state index in [4.69, 9.17) is 16.3 Å². The standard InChI is InChI=1S/C25H19ClN2O4/c1-28-18-10-13(6-5-9-29)20(32-2)12-16(18)21-19(28)11-15(14-7-3-4-8-17(14)26)22-23(21)25(31)27-24(22)30/h3-8,10-12,29H,9H2,1-2H3,(H,27,30,31). The van der Waals surface area contributed by atoms with Crippen LogP contribution in [-0.4, -0.2) is 35.2 Å². The van der Waals surface area contributed by atoms with Gasteiger partial charge in [0.2, 0.25) is 0 Å². The Kier molecular flexibility index (Phi) is 4.77. The highest BCUT2D eigenvalue weighted by Crippen LogP contribution is 2.43. The Bertz CT molecular complexity index is 1480. The number of halogens is 1. The van der Waals surface area contributed by atoms with Crippen LogP contribution in [0.25, 0.3) is 39.0 Å². The Hall–Kier alpha value is -3.61. The minimum Gasteiger partial charge on any atom is -0.496 e. The largest absolute Gasteiger partial charge is 0.496 e. The molecule has 5 rings (SSSR count). The highest BCUT2D eigenvalue weighted by molar-refractivity contribution is 6.36. The van der Waals surface area contributed by atoms with Crippen LogP contribution in [0.1, 0.15) is 26.3 Å². The average molecular weight is 447 g/mol. The van der Waals surface area contributed by atoms with Crippen molar-refractivity contribution < 1.29 is 19.4 Å². The maximum atomic E-state index is 12.9. The van der Waals surface area contributed by atoms with Crippen molar-refractivity contribution in [2.24, 2.45) is 7.05 Å². The van der Waals surface area contributed by atoms with Crippen molar-refractivity contribution in [1.82, 2.24) is 9.88 Å². The molecule has 32 heavy (non-hydrogen) atoms. The lowest BCUT2D eigenvalue weighted by Crippen LogP contribution is -2.20. The van der Waals surface area contributed by atoms with Gasteiger partial charge in [0.25, 0.3) is 11.8 Å². The van der Waals surface area contributed by atoms with Gasteiger partial charge in [-0.25, -0.2) is 0 Å². The molecular formula is C25H19ClN2O4. The molecule has 0 radical (unpaired) electrons. The summed E-state index contributed by atoms with van der Waals surface area (Å²) in [4.78, 5) is 25.8. The summed E-state index contributed by atoms with van der Waals surface area (Å²) in [6.07, 6.45) is 3.41. The van der Waals surface area contributed by atoms with E-state index < -0.39 is 11.8 Å². The lowest BCUT2D eigenvalue weighted by atomic mass is 9.92. The molecule has 0 atom stereocenters. The van der Waals surface area contributed by atoms with Crippen molar-refractivity contribution in [2.45, 2.75) is 0 Å². The molecule has 6 nitrogen and oxygen atoms in total. The third-order valence-corrected chi connectivity index (χ3v) is 6.22. The van der Waals surface area contributed by atoms with Crippen molar-refractivity contribution in [3.8, 4) is 16.9 Å². The van der Waals surface area contributed by atoms with Gasteiger partial charge in [0.1, 0.15) is 5.75 Å². The van der Waals surface area contributed by atoms with Crippen LogP contribution in [-0.2, 0) is 7.05 Å². The van der Waals surface area contributed by atoms with Crippen LogP contribution in [0.5, 0.6) is 5.75 Å². The first-order chi connectivity index (χ1) is 15.5. The Morgan fingerprint density at radius 3 is 2.53 bits per heavy atom. The number of imide groups is 1. The summed E-state index contributed by atoms with van der Waals surface area (Å²) in [7, 11) is 3.48. The quantitative estimate of drug-likeness (QED) is 0.451. The van der Waals surface area contributed by atoms with Crippen LogP contribution in [0.2, 0.25) is 5.02 Å². The number of fused-ring (bicyclic) bond motifs is 5. The number of rotatable bonds is 4. The zero-order chi connectivity index (χ0) is 22.6. The highest BCUT2D eigenvalue weighted by atomic mass is 35.5. The van der Waals surface area contributed by atoms with Crippen molar-refractivity contribution in [2.75, 3.05) is 13.7 Å². The number of nitrogens with one attached hydrogen (secondary N) is 1. The van der Waals surface area contributed by atoms with Gasteiger partial charge in [-0.15, -0.1) is 0 Å². The van der Waals surface area contributed by atoms with Gasteiger partial charge in [0.05, 0.1) is 30.4 Å². The number of carbonyl (C=O) groups excluding carboxylic acids is 2. The monoisotopic (exact) mass is 446 g/mol. The molecule has 2 heterocycles. The molecule has 0 bridgehead atoms. The van der Waals surface area contributed by atoms with Crippen LogP contribution in [0, 0.1) is 0 Å². The second-order valence-corrected chi connectivity index (χ2v) is 7.99. The van der Waals surface area contributed by atoms with E-state index in [0.717, 1.165) is 22.0 Å². The van der Waals surface area contributed by atoms with Gasteiger partial charge < -0.3 is 14.4 Å². The molecule has 0 aliphatic carbocycles. The van der Waals surface area contributed by atoms with Crippen molar-refractivity contribution in [1.29, 1.82) is 0 Å². The molecule has 0 unspecified atom stereocenters. The van der Waals surface area contributed by atoms with E-state index in [-0.39, 0.29) is 6.61 Å². The number of benzene rings is 3. The zero-order valence-corrected chi connectivity index (χ0v) is 18.2. The van der Waals surface area contributed by atoms with Crippen LogP contribution in [0.4, 0.5) is 0 Å². The van der Waals surface area contributed by atoms with Crippen LogP contribution >= 0.6 is 11.6 Å². The van der Waals surface area contributed by atoms with Gasteiger partial charge in [-0.05, 0) is 29.8 Å². The van der Waals surface area contributed by atoms with E-state index in [1.54, 1.807) is 25.3 Å². The smallest absolute Gasteiger partial charge is 0.259 e. The number of amides is 2. The van der Waals surface area contributed by atoms with Gasteiger partial charge in [-0.2, -0.15) is 0 Å². The Morgan fingerprint density at radius 1 is 1.06 bits per heavy atom. The molecule has 0 saturated heterocycles. The lowest BCUT2D eigenvalue weighted by Gasteiger charge is -2.10. The van der Waals surface area contributed by atoms with Gasteiger partial charge in [-0.3, -0.25) is 14.9 Å². The molecule has 0 saturated carbocycles. The predicted molar refractivity (Wildman–Crippen MR) is 125 cm³/mol. The van der Waals surface area contributed by atoms with Crippen molar-refractivity contribution in [3.05, 3.63) is 70.3 Å². The van der Waals surface area contributed by atoms with Gasteiger partial charge in [0.15, 0.2) is 0 Å². The fraction of sp³-hybridized carbons (Fsp3) is 0.120. The van der Waals surface area contributed by atoms with Crippen LogP contribution < -0.4 is 10.1 Å². The molecule has 2 N–H and O–H groups in total. The summed E-state index contributed by atoms with van der Waals surface area (Å²) < 4.78 is 7.54. The Labute approximate surface area is 188 Å². The first kappa shape index (κ1) is 20.3. The van der Waals surface area contributed by atoms with E-state index in [0.29, 0.717) is 38.4 Å². The van der Waals surface area contributed by atoms with E-state index >= 15 is 0 Å². The lowest BCUT2D eigenvalue weighted by molar-refractivity contribution is 0.0880. The Balaban J connectivity index is 1.95. The number of hydrogen-bond acceptors (Lipinski definition) is 4. The normalized spacial score (nSPS) is 13.4. The first-order valence-electron chi connectivity index (χ1n) is 10.0. The predicted octanol–water partition coefficient (Wildman–Crippen LogP) is 4.55. The summed E-state index contributed by atoms with van der Waals surface area (Å²) in [5.74, 6) is -0.267. The SMILES string of the molecule is COc1cc2c3c4c(c(-c5ccccc5Cl)cc3n(C)c2cc1C=CCO)C(=O)NC4=O. The topological polar surface area (TPSA) is 80.6 Å². The molecule has 3 aromatic carbocycles. The maximum Gasteiger partial charge on any atom is 0.259 e. The molecular weight excluding hydrogens is 428 g/mol. The Morgan fingerprint density at radius 2 is 1.81 bits per heavy atom. The summed E-state index contributed by atoms with van der Waals surface area (Å²) in [5.41, 5.74) is 4.42. The molecule has 7 heteroatoms. The number of methoxy groups -OCH3 is 1. The average Bonchev–Trinajstić information content (AvgIpc) is 3.24. The molecule has 0 spiro atoms. The number of aromatic nitrogens is 1. The summed E-state index contributed by atoms with van der Waals surface area (Å²) in [5, 5.41) is 13.6. The maximum absolute atomic E-state index is 12.9. The number of ether oxygens (including phenoxy) is 1. The highest BCUT2D eigenvalue weighted by Gasteiger charge is 2.34. The molecule has 160 valence electrons. The van der Waals surface area contributed by atoms with E-state index in [2.05, 4.69) is 5.32 Å². The molecule has 1 aliphatic heterocycles. The fourth-order valence-electron chi connectivity index (χ4n) is 4.47. The third-order valence-electron chi connectivity index (χ3n) is 5.89. The number of aliphatic hydroxyl groups is 1. The summed E-state index contributed by atoms with van der Waals surface area (Å²) >= 11 is 6.46. The second-order valence-electron chi connectivity index (χ2n) is 7.59. The van der Waals surface area contributed by atoms with Gasteiger partial charge in [-0.1, -0.05) is 42.0 Å². The number of nitrogens with zero attached hydrogens (tertiary/aromatic N) is 1. The number of aryl methyl sites for hydroxylation is 1.